The molecule has 2 aromatic rings. The summed E-state index contributed by atoms with van der Waals surface area (Å²) in [5, 5.41) is 6.65. The van der Waals surface area contributed by atoms with Gasteiger partial charge in [0.25, 0.3) is 0 Å². The molecule has 0 spiro atoms. The van der Waals surface area contributed by atoms with Gasteiger partial charge in [0.05, 0.1) is 0 Å². The maximum atomic E-state index is 4.32. The fraction of sp³-hybridized carbons (Fsp3) is 0.333. The van der Waals surface area contributed by atoms with Gasteiger partial charge in [0.2, 0.25) is 0 Å². The molecular formula is C18H25N5. The van der Waals surface area contributed by atoms with E-state index in [1.807, 2.05) is 38.5 Å². The van der Waals surface area contributed by atoms with Crippen LogP contribution in [-0.2, 0) is 13.0 Å². The van der Waals surface area contributed by atoms with Crippen molar-refractivity contribution in [3.8, 4) is 0 Å². The Hall–Kier alpha value is -2.56. The minimum absolute atomic E-state index is 0.741. The fourth-order valence-electron chi connectivity index (χ4n) is 2.21. The molecule has 1 aromatic heterocycles. The summed E-state index contributed by atoms with van der Waals surface area (Å²) in [6.45, 7) is 1.54. The molecule has 23 heavy (non-hydrogen) atoms. The molecule has 5 nitrogen and oxygen atoms in total. The first kappa shape index (κ1) is 16.8. The molecule has 0 fully saturated rings. The summed E-state index contributed by atoms with van der Waals surface area (Å²) < 4.78 is 0. The second-order valence-electron chi connectivity index (χ2n) is 5.49. The van der Waals surface area contributed by atoms with Crippen molar-refractivity contribution in [2.45, 2.75) is 13.0 Å². The highest BCUT2D eigenvalue weighted by molar-refractivity contribution is 5.79. The standard InChI is InChI=1S/C18H25N5/c1-19-18(21-12-10-16-8-4-5-11-20-16)22-14-15-7-6-9-17(13-15)23(2)3/h4-9,11,13H,10,12,14H2,1-3H3,(H2,19,21,22). The maximum Gasteiger partial charge on any atom is 0.191 e. The summed E-state index contributed by atoms with van der Waals surface area (Å²) in [6.07, 6.45) is 2.69. The lowest BCUT2D eigenvalue weighted by Gasteiger charge is -2.15. The van der Waals surface area contributed by atoms with E-state index < -0.39 is 0 Å². The Bertz CT molecular complexity index is 622. The number of hydrogen-bond acceptors (Lipinski definition) is 3. The Kier molecular flexibility index (Phi) is 6.41. The third-order valence-electron chi connectivity index (χ3n) is 3.51. The predicted octanol–water partition coefficient (Wildman–Crippen LogP) is 2.06. The van der Waals surface area contributed by atoms with Crippen molar-refractivity contribution in [2.24, 2.45) is 4.99 Å². The summed E-state index contributed by atoms with van der Waals surface area (Å²) in [5.74, 6) is 0.802. The average molecular weight is 311 g/mol. The lowest BCUT2D eigenvalue weighted by Crippen LogP contribution is -2.37. The van der Waals surface area contributed by atoms with Gasteiger partial charge in [-0.25, -0.2) is 0 Å². The van der Waals surface area contributed by atoms with Crippen molar-refractivity contribution in [3.63, 3.8) is 0 Å². The number of hydrogen-bond donors (Lipinski definition) is 2. The Labute approximate surface area is 138 Å². The van der Waals surface area contributed by atoms with Crippen LogP contribution in [-0.4, -0.2) is 38.6 Å². The monoisotopic (exact) mass is 311 g/mol. The van der Waals surface area contributed by atoms with Crippen LogP contribution < -0.4 is 15.5 Å². The molecule has 2 rings (SSSR count). The fourth-order valence-corrected chi connectivity index (χ4v) is 2.21. The Balaban J connectivity index is 1.80. The van der Waals surface area contributed by atoms with Crippen molar-refractivity contribution >= 4 is 11.6 Å². The van der Waals surface area contributed by atoms with Crippen LogP contribution in [0.2, 0.25) is 0 Å². The van der Waals surface area contributed by atoms with E-state index in [9.17, 15) is 0 Å². The van der Waals surface area contributed by atoms with Crippen LogP contribution in [0.4, 0.5) is 5.69 Å². The van der Waals surface area contributed by atoms with E-state index in [4.69, 9.17) is 0 Å². The zero-order valence-corrected chi connectivity index (χ0v) is 14.1. The smallest absolute Gasteiger partial charge is 0.191 e. The summed E-state index contributed by atoms with van der Waals surface area (Å²) in [6, 6.07) is 14.4. The van der Waals surface area contributed by atoms with Gasteiger partial charge in [-0.2, -0.15) is 0 Å². The molecule has 0 atom stereocenters. The van der Waals surface area contributed by atoms with Crippen molar-refractivity contribution in [3.05, 3.63) is 59.9 Å². The molecule has 2 N–H and O–H groups in total. The Morgan fingerprint density at radius 1 is 1.13 bits per heavy atom. The molecule has 0 saturated carbocycles. The molecule has 0 saturated heterocycles. The second-order valence-corrected chi connectivity index (χ2v) is 5.49. The van der Waals surface area contributed by atoms with Crippen molar-refractivity contribution in [1.82, 2.24) is 15.6 Å². The van der Waals surface area contributed by atoms with E-state index in [1.54, 1.807) is 7.05 Å². The van der Waals surface area contributed by atoms with E-state index in [2.05, 4.69) is 49.8 Å². The second kappa shape index (κ2) is 8.78. The van der Waals surface area contributed by atoms with Crippen LogP contribution >= 0.6 is 0 Å². The summed E-state index contributed by atoms with van der Waals surface area (Å²) >= 11 is 0. The molecule has 0 amide bonds. The van der Waals surface area contributed by atoms with Crippen LogP contribution in [0.3, 0.4) is 0 Å². The zero-order chi connectivity index (χ0) is 16.5. The molecule has 1 aromatic carbocycles. The van der Waals surface area contributed by atoms with Gasteiger partial charge in [0.15, 0.2) is 5.96 Å². The first-order chi connectivity index (χ1) is 11.2. The van der Waals surface area contributed by atoms with Crippen molar-refractivity contribution < 1.29 is 0 Å². The molecule has 0 aliphatic heterocycles. The third-order valence-corrected chi connectivity index (χ3v) is 3.51. The number of pyridine rings is 1. The minimum Gasteiger partial charge on any atom is -0.378 e. The number of anilines is 1. The third kappa shape index (κ3) is 5.62. The highest BCUT2D eigenvalue weighted by Crippen LogP contribution is 2.12. The SMILES string of the molecule is CN=C(NCCc1ccccn1)NCc1cccc(N(C)C)c1. The number of rotatable bonds is 6. The average Bonchev–Trinajstić information content (AvgIpc) is 2.59. The highest BCUT2D eigenvalue weighted by atomic mass is 15.2. The number of benzene rings is 1. The van der Waals surface area contributed by atoms with E-state index >= 15 is 0 Å². The van der Waals surface area contributed by atoms with Gasteiger partial charge < -0.3 is 15.5 Å². The topological polar surface area (TPSA) is 52.6 Å². The van der Waals surface area contributed by atoms with Crippen LogP contribution in [0.5, 0.6) is 0 Å². The molecule has 0 unspecified atom stereocenters. The molecule has 122 valence electrons. The maximum absolute atomic E-state index is 4.32. The van der Waals surface area contributed by atoms with Crippen LogP contribution in [0.1, 0.15) is 11.3 Å². The van der Waals surface area contributed by atoms with E-state index in [1.165, 1.54) is 11.3 Å². The zero-order valence-electron chi connectivity index (χ0n) is 14.1. The molecule has 0 aliphatic carbocycles. The predicted molar refractivity (Wildman–Crippen MR) is 96.9 cm³/mol. The largest absolute Gasteiger partial charge is 0.378 e. The normalized spacial score (nSPS) is 11.2. The van der Waals surface area contributed by atoms with Gasteiger partial charge >= 0.3 is 0 Å². The summed E-state index contributed by atoms with van der Waals surface area (Å²) in [7, 11) is 5.88. The Morgan fingerprint density at radius 2 is 2.00 bits per heavy atom. The highest BCUT2D eigenvalue weighted by Gasteiger charge is 2.01. The van der Waals surface area contributed by atoms with E-state index in [-0.39, 0.29) is 0 Å². The van der Waals surface area contributed by atoms with Gasteiger partial charge in [-0.15, -0.1) is 0 Å². The van der Waals surface area contributed by atoms with Gasteiger partial charge in [-0.05, 0) is 29.8 Å². The number of aliphatic imine (C=N–C) groups is 1. The molecule has 0 aliphatic rings. The molecule has 5 heteroatoms. The number of nitrogens with zero attached hydrogens (tertiary/aromatic N) is 3. The van der Waals surface area contributed by atoms with Gasteiger partial charge in [0, 0.05) is 58.2 Å². The summed E-state index contributed by atoms with van der Waals surface area (Å²) in [4.78, 5) is 10.7. The lowest BCUT2D eigenvalue weighted by atomic mass is 10.2. The lowest BCUT2D eigenvalue weighted by molar-refractivity contribution is 0.784. The number of guanidine groups is 1. The van der Waals surface area contributed by atoms with Gasteiger partial charge in [-0.3, -0.25) is 9.98 Å². The van der Waals surface area contributed by atoms with Crippen LogP contribution in [0, 0.1) is 0 Å². The van der Waals surface area contributed by atoms with E-state index in [0.29, 0.717) is 0 Å². The first-order valence-corrected chi connectivity index (χ1v) is 7.79. The molecule has 0 radical (unpaired) electrons. The Morgan fingerprint density at radius 3 is 2.70 bits per heavy atom. The minimum atomic E-state index is 0.741. The number of aromatic nitrogens is 1. The van der Waals surface area contributed by atoms with Gasteiger partial charge in [-0.1, -0.05) is 18.2 Å². The van der Waals surface area contributed by atoms with Gasteiger partial charge in [0.1, 0.15) is 0 Å². The van der Waals surface area contributed by atoms with Crippen molar-refractivity contribution in [1.29, 1.82) is 0 Å². The summed E-state index contributed by atoms with van der Waals surface area (Å²) in [5.41, 5.74) is 3.50. The van der Waals surface area contributed by atoms with Crippen LogP contribution in [0.15, 0.2) is 53.7 Å². The quantitative estimate of drug-likeness (QED) is 0.633. The van der Waals surface area contributed by atoms with E-state index in [0.717, 1.165) is 31.2 Å². The molecule has 1 heterocycles. The molecular weight excluding hydrogens is 286 g/mol. The number of nitrogens with one attached hydrogen (secondary N) is 2. The van der Waals surface area contributed by atoms with Crippen molar-refractivity contribution in [2.75, 3.05) is 32.6 Å². The molecule has 0 bridgehead atoms. The van der Waals surface area contributed by atoms with Crippen LogP contribution in [0.25, 0.3) is 0 Å². The first-order valence-electron chi connectivity index (χ1n) is 7.79.